The SMILES string of the molecule is CCNC(=NCc1ccc(OC)c(Br)c1)NCC1(CCOC)CCC1. The topological polar surface area (TPSA) is 54.9 Å². The molecule has 0 unspecified atom stereocenters. The molecule has 0 radical (unpaired) electrons. The third kappa shape index (κ3) is 5.89. The standard InChI is InChI=1S/C19H30BrN3O2/c1-4-21-18(23-14-19(8-5-9-19)10-11-24-2)22-13-15-6-7-17(25-3)16(20)12-15/h6-7,12H,4-5,8-11,13-14H2,1-3H3,(H2,21,22,23). The van der Waals surface area contributed by atoms with Crippen molar-refractivity contribution >= 4 is 21.9 Å². The molecule has 1 aromatic rings. The summed E-state index contributed by atoms with van der Waals surface area (Å²) in [4.78, 5) is 4.72. The number of hydrogen-bond donors (Lipinski definition) is 2. The molecule has 5 nitrogen and oxygen atoms in total. The van der Waals surface area contributed by atoms with Crippen LogP contribution in [0.2, 0.25) is 0 Å². The fourth-order valence-corrected chi connectivity index (χ4v) is 3.69. The monoisotopic (exact) mass is 411 g/mol. The Morgan fingerprint density at radius 1 is 1.28 bits per heavy atom. The van der Waals surface area contributed by atoms with Gasteiger partial charge in [0.1, 0.15) is 5.75 Å². The molecule has 0 bridgehead atoms. The van der Waals surface area contributed by atoms with Crippen LogP contribution in [0.4, 0.5) is 0 Å². The zero-order valence-electron chi connectivity index (χ0n) is 15.5. The van der Waals surface area contributed by atoms with Crippen LogP contribution >= 0.6 is 15.9 Å². The Balaban J connectivity index is 1.94. The van der Waals surface area contributed by atoms with Crippen LogP contribution in [0.5, 0.6) is 5.75 Å². The lowest BCUT2D eigenvalue weighted by molar-refractivity contribution is 0.0732. The maximum atomic E-state index is 5.27. The Bertz CT molecular complexity index is 574. The van der Waals surface area contributed by atoms with E-state index < -0.39 is 0 Å². The summed E-state index contributed by atoms with van der Waals surface area (Å²) in [6, 6.07) is 6.06. The van der Waals surface area contributed by atoms with E-state index in [1.807, 2.05) is 12.1 Å². The highest BCUT2D eigenvalue weighted by Crippen LogP contribution is 2.43. The summed E-state index contributed by atoms with van der Waals surface area (Å²) < 4.78 is 11.5. The van der Waals surface area contributed by atoms with Gasteiger partial charge in [-0.2, -0.15) is 0 Å². The van der Waals surface area contributed by atoms with Gasteiger partial charge in [-0.1, -0.05) is 12.5 Å². The molecule has 0 heterocycles. The van der Waals surface area contributed by atoms with Crippen molar-refractivity contribution < 1.29 is 9.47 Å². The first-order valence-electron chi connectivity index (χ1n) is 8.96. The minimum absolute atomic E-state index is 0.370. The van der Waals surface area contributed by atoms with Gasteiger partial charge in [-0.05, 0) is 65.2 Å². The first-order chi connectivity index (χ1) is 12.1. The lowest BCUT2D eigenvalue weighted by Gasteiger charge is -2.42. The van der Waals surface area contributed by atoms with Crippen LogP contribution in [-0.2, 0) is 11.3 Å². The first-order valence-corrected chi connectivity index (χ1v) is 9.75. The van der Waals surface area contributed by atoms with Crippen molar-refractivity contribution in [3.63, 3.8) is 0 Å². The predicted molar refractivity (Wildman–Crippen MR) is 106 cm³/mol. The number of halogens is 1. The number of nitrogens with one attached hydrogen (secondary N) is 2. The quantitative estimate of drug-likeness (QED) is 0.480. The van der Waals surface area contributed by atoms with E-state index in [1.165, 1.54) is 19.3 Å². The highest BCUT2D eigenvalue weighted by Gasteiger charge is 2.36. The van der Waals surface area contributed by atoms with Crippen molar-refractivity contribution in [2.75, 3.05) is 33.9 Å². The van der Waals surface area contributed by atoms with Crippen LogP contribution in [0.15, 0.2) is 27.7 Å². The summed E-state index contributed by atoms with van der Waals surface area (Å²) in [6.45, 7) is 5.35. The van der Waals surface area contributed by atoms with Crippen molar-refractivity contribution in [2.45, 2.75) is 39.2 Å². The van der Waals surface area contributed by atoms with Crippen molar-refractivity contribution in [3.8, 4) is 5.75 Å². The van der Waals surface area contributed by atoms with Crippen LogP contribution in [0.1, 0.15) is 38.2 Å². The second kappa shape index (κ2) is 10.0. The van der Waals surface area contributed by atoms with Crippen LogP contribution in [-0.4, -0.2) is 39.9 Å². The summed E-state index contributed by atoms with van der Waals surface area (Å²) in [5.41, 5.74) is 1.51. The number of rotatable bonds is 9. The summed E-state index contributed by atoms with van der Waals surface area (Å²) in [5.74, 6) is 1.71. The van der Waals surface area contributed by atoms with E-state index in [2.05, 4.69) is 39.6 Å². The fraction of sp³-hybridized carbons (Fsp3) is 0.632. The molecule has 0 atom stereocenters. The molecular weight excluding hydrogens is 382 g/mol. The Labute approximate surface area is 159 Å². The van der Waals surface area contributed by atoms with E-state index in [0.29, 0.717) is 12.0 Å². The van der Waals surface area contributed by atoms with Crippen LogP contribution in [0.3, 0.4) is 0 Å². The van der Waals surface area contributed by atoms with Gasteiger partial charge in [0.2, 0.25) is 0 Å². The van der Waals surface area contributed by atoms with Crippen LogP contribution in [0.25, 0.3) is 0 Å². The molecule has 0 spiro atoms. The zero-order valence-corrected chi connectivity index (χ0v) is 17.1. The molecule has 25 heavy (non-hydrogen) atoms. The van der Waals surface area contributed by atoms with Crippen molar-refractivity contribution in [2.24, 2.45) is 10.4 Å². The average molecular weight is 412 g/mol. The van der Waals surface area contributed by atoms with Gasteiger partial charge in [-0.15, -0.1) is 0 Å². The molecule has 1 fully saturated rings. The summed E-state index contributed by atoms with van der Waals surface area (Å²) in [5, 5.41) is 6.86. The number of benzene rings is 1. The molecule has 0 saturated heterocycles. The second-order valence-corrected chi connectivity index (χ2v) is 7.47. The number of ether oxygens (including phenoxy) is 2. The van der Waals surface area contributed by atoms with Gasteiger partial charge < -0.3 is 20.1 Å². The van der Waals surface area contributed by atoms with E-state index in [-0.39, 0.29) is 0 Å². The molecule has 1 saturated carbocycles. The lowest BCUT2D eigenvalue weighted by Crippen LogP contribution is -2.46. The molecule has 1 aliphatic carbocycles. The minimum atomic E-state index is 0.370. The third-order valence-corrected chi connectivity index (χ3v) is 5.48. The molecular formula is C19H30BrN3O2. The molecule has 6 heteroatoms. The molecule has 140 valence electrons. The molecule has 0 amide bonds. The molecule has 0 aromatic heterocycles. The van der Waals surface area contributed by atoms with E-state index in [4.69, 9.17) is 14.5 Å². The Morgan fingerprint density at radius 2 is 2.08 bits per heavy atom. The van der Waals surface area contributed by atoms with Crippen molar-refractivity contribution in [1.82, 2.24) is 10.6 Å². The number of hydrogen-bond acceptors (Lipinski definition) is 3. The van der Waals surface area contributed by atoms with E-state index >= 15 is 0 Å². The normalized spacial score (nSPS) is 16.2. The van der Waals surface area contributed by atoms with E-state index in [1.54, 1.807) is 14.2 Å². The van der Waals surface area contributed by atoms with Gasteiger partial charge in [-0.25, -0.2) is 4.99 Å². The highest BCUT2D eigenvalue weighted by atomic mass is 79.9. The zero-order chi connectivity index (χ0) is 18.1. The molecule has 0 aliphatic heterocycles. The maximum Gasteiger partial charge on any atom is 0.191 e. The van der Waals surface area contributed by atoms with E-state index in [9.17, 15) is 0 Å². The number of guanidine groups is 1. The van der Waals surface area contributed by atoms with Gasteiger partial charge in [0.25, 0.3) is 0 Å². The molecule has 1 aromatic carbocycles. The van der Waals surface area contributed by atoms with Crippen molar-refractivity contribution in [3.05, 3.63) is 28.2 Å². The number of methoxy groups -OCH3 is 2. The first kappa shape index (κ1) is 20.0. The summed E-state index contributed by atoms with van der Waals surface area (Å²) >= 11 is 3.53. The van der Waals surface area contributed by atoms with Crippen LogP contribution < -0.4 is 15.4 Å². The summed E-state index contributed by atoms with van der Waals surface area (Å²) in [6.07, 6.45) is 4.97. The lowest BCUT2D eigenvalue weighted by atomic mass is 9.67. The minimum Gasteiger partial charge on any atom is -0.496 e. The smallest absolute Gasteiger partial charge is 0.191 e. The summed E-state index contributed by atoms with van der Waals surface area (Å²) in [7, 11) is 3.45. The van der Waals surface area contributed by atoms with E-state index in [0.717, 1.165) is 47.9 Å². The van der Waals surface area contributed by atoms with Gasteiger partial charge in [-0.3, -0.25) is 0 Å². The number of nitrogens with zero attached hydrogens (tertiary/aromatic N) is 1. The van der Waals surface area contributed by atoms with Crippen LogP contribution in [0, 0.1) is 5.41 Å². The Hall–Kier alpha value is -1.27. The highest BCUT2D eigenvalue weighted by molar-refractivity contribution is 9.10. The fourth-order valence-electron chi connectivity index (χ4n) is 3.10. The molecule has 2 N–H and O–H groups in total. The Kier molecular flexibility index (Phi) is 8.03. The van der Waals surface area contributed by atoms with Gasteiger partial charge >= 0.3 is 0 Å². The largest absolute Gasteiger partial charge is 0.496 e. The van der Waals surface area contributed by atoms with Gasteiger partial charge in [0.05, 0.1) is 18.1 Å². The maximum absolute atomic E-state index is 5.27. The van der Waals surface area contributed by atoms with Crippen molar-refractivity contribution in [1.29, 1.82) is 0 Å². The predicted octanol–water partition coefficient (Wildman–Crippen LogP) is 3.72. The third-order valence-electron chi connectivity index (χ3n) is 4.86. The second-order valence-electron chi connectivity index (χ2n) is 6.61. The molecule has 2 rings (SSSR count). The average Bonchev–Trinajstić information content (AvgIpc) is 2.58. The van der Waals surface area contributed by atoms with Gasteiger partial charge in [0, 0.05) is 26.8 Å². The number of aliphatic imine (C=N–C) groups is 1. The molecule has 1 aliphatic rings. The van der Waals surface area contributed by atoms with Gasteiger partial charge in [0.15, 0.2) is 5.96 Å². The Morgan fingerprint density at radius 3 is 2.64 bits per heavy atom.